The van der Waals surface area contributed by atoms with Crippen LogP contribution in [0.2, 0.25) is 0 Å². The molecule has 0 bridgehead atoms. The first kappa shape index (κ1) is 17.5. The number of carbonyl (C=O) groups is 1. The molecular formula is C19H28N2O2. The molecule has 0 radical (unpaired) electrons. The summed E-state index contributed by atoms with van der Waals surface area (Å²) < 4.78 is 5.76. The molecule has 0 aromatic heterocycles. The highest BCUT2D eigenvalue weighted by molar-refractivity contribution is 6.01. The third-order valence-corrected chi connectivity index (χ3v) is 4.11. The maximum absolute atomic E-state index is 11.8. The van der Waals surface area contributed by atoms with E-state index in [4.69, 9.17) is 4.74 Å². The van der Waals surface area contributed by atoms with Crippen LogP contribution in [0.1, 0.15) is 58.4 Å². The van der Waals surface area contributed by atoms with Gasteiger partial charge in [0.2, 0.25) is 0 Å². The Balaban J connectivity index is 1.86. The van der Waals surface area contributed by atoms with E-state index in [9.17, 15) is 4.79 Å². The second-order valence-electron chi connectivity index (χ2n) is 6.59. The summed E-state index contributed by atoms with van der Waals surface area (Å²) in [7, 11) is 0. The molecule has 1 amide bonds. The van der Waals surface area contributed by atoms with Gasteiger partial charge in [-0.3, -0.25) is 10.2 Å². The minimum absolute atomic E-state index is 0.0672. The minimum Gasteiger partial charge on any atom is -0.494 e. The van der Waals surface area contributed by atoms with Crippen molar-refractivity contribution in [1.82, 2.24) is 10.9 Å². The van der Waals surface area contributed by atoms with Crippen molar-refractivity contribution in [2.24, 2.45) is 0 Å². The Morgan fingerprint density at radius 3 is 2.39 bits per heavy atom. The number of amides is 1. The third kappa shape index (κ3) is 5.10. The zero-order chi connectivity index (χ0) is 16.7. The summed E-state index contributed by atoms with van der Waals surface area (Å²) in [5.41, 5.74) is 7.03. The SMILES string of the molecule is CCCCCCCOc1ccc(/C=C2\C(=O)NNC2(C)C)cc1. The summed E-state index contributed by atoms with van der Waals surface area (Å²) in [6, 6.07) is 7.90. The Kier molecular flexibility index (Phi) is 6.22. The molecule has 1 aromatic carbocycles. The third-order valence-electron chi connectivity index (χ3n) is 4.11. The van der Waals surface area contributed by atoms with Gasteiger partial charge in [-0.15, -0.1) is 0 Å². The molecular weight excluding hydrogens is 288 g/mol. The van der Waals surface area contributed by atoms with Crippen molar-refractivity contribution >= 4 is 12.0 Å². The second kappa shape index (κ2) is 8.16. The fourth-order valence-electron chi connectivity index (χ4n) is 2.60. The normalized spacial score (nSPS) is 18.2. The zero-order valence-corrected chi connectivity index (χ0v) is 14.4. The van der Waals surface area contributed by atoms with Gasteiger partial charge in [-0.05, 0) is 44.0 Å². The van der Waals surface area contributed by atoms with E-state index in [1.807, 2.05) is 44.2 Å². The summed E-state index contributed by atoms with van der Waals surface area (Å²) in [5, 5.41) is 0. The summed E-state index contributed by atoms with van der Waals surface area (Å²) in [6.07, 6.45) is 8.12. The fourth-order valence-corrected chi connectivity index (χ4v) is 2.60. The van der Waals surface area contributed by atoms with E-state index >= 15 is 0 Å². The molecule has 2 N–H and O–H groups in total. The topological polar surface area (TPSA) is 50.4 Å². The highest BCUT2D eigenvalue weighted by Crippen LogP contribution is 2.23. The van der Waals surface area contributed by atoms with Crippen molar-refractivity contribution in [3.05, 3.63) is 35.4 Å². The maximum atomic E-state index is 11.8. The summed E-state index contributed by atoms with van der Waals surface area (Å²) in [4.78, 5) is 11.8. The lowest BCUT2D eigenvalue weighted by molar-refractivity contribution is -0.116. The van der Waals surface area contributed by atoms with Crippen LogP contribution in [0.3, 0.4) is 0 Å². The molecule has 0 spiro atoms. The lowest BCUT2D eigenvalue weighted by atomic mass is 9.94. The van der Waals surface area contributed by atoms with Gasteiger partial charge in [0.15, 0.2) is 0 Å². The van der Waals surface area contributed by atoms with Crippen molar-refractivity contribution in [2.45, 2.75) is 58.4 Å². The molecule has 126 valence electrons. The van der Waals surface area contributed by atoms with Gasteiger partial charge in [-0.1, -0.05) is 44.7 Å². The average molecular weight is 316 g/mol. The molecule has 1 aliphatic heterocycles. The zero-order valence-electron chi connectivity index (χ0n) is 14.4. The fraction of sp³-hybridized carbons (Fsp3) is 0.526. The number of ether oxygens (including phenoxy) is 1. The molecule has 0 saturated carbocycles. The van der Waals surface area contributed by atoms with Crippen LogP contribution in [0.5, 0.6) is 5.75 Å². The van der Waals surface area contributed by atoms with Gasteiger partial charge in [0, 0.05) is 5.57 Å². The molecule has 2 rings (SSSR count). The number of benzene rings is 1. The second-order valence-corrected chi connectivity index (χ2v) is 6.59. The first-order chi connectivity index (χ1) is 11.0. The van der Waals surface area contributed by atoms with Gasteiger partial charge in [-0.25, -0.2) is 5.43 Å². The van der Waals surface area contributed by atoms with E-state index in [1.54, 1.807) is 0 Å². The van der Waals surface area contributed by atoms with Crippen LogP contribution in [0, 0.1) is 0 Å². The van der Waals surface area contributed by atoms with Crippen LogP contribution in [-0.2, 0) is 4.79 Å². The highest BCUT2D eigenvalue weighted by atomic mass is 16.5. The van der Waals surface area contributed by atoms with Gasteiger partial charge in [0.1, 0.15) is 5.75 Å². The first-order valence-electron chi connectivity index (χ1n) is 8.55. The van der Waals surface area contributed by atoms with Crippen molar-refractivity contribution < 1.29 is 9.53 Å². The standard InChI is InChI=1S/C19H28N2O2/c1-4-5-6-7-8-13-23-16-11-9-15(10-12-16)14-17-18(22)20-21-19(17,2)3/h9-12,14,21H,4-8,13H2,1-3H3,(H,20,22)/b17-14+. The average Bonchev–Trinajstić information content (AvgIpc) is 2.79. The van der Waals surface area contributed by atoms with Crippen LogP contribution in [0.4, 0.5) is 0 Å². The van der Waals surface area contributed by atoms with E-state index in [0.29, 0.717) is 0 Å². The van der Waals surface area contributed by atoms with Gasteiger partial charge < -0.3 is 4.74 Å². The molecule has 0 atom stereocenters. The Morgan fingerprint density at radius 1 is 1.09 bits per heavy atom. The summed E-state index contributed by atoms with van der Waals surface area (Å²) in [5.74, 6) is 0.818. The largest absolute Gasteiger partial charge is 0.494 e. The number of hydrogen-bond acceptors (Lipinski definition) is 3. The van der Waals surface area contributed by atoms with E-state index in [2.05, 4.69) is 17.8 Å². The van der Waals surface area contributed by atoms with Crippen molar-refractivity contribution in [1.29, 1.82) is 0 Å². The molecule has 1 aliphatic rings. The predicted molar refractivity (Wildman–Crippen MR) is 94.0 cm³/mol. The van der Waals surface area contributed by atoms with Gasteiger partial charge >= 0.3 is 0 Å². The molecule has 1 saturated heterocycles. The first-order valence-corrected chi connectivity index (χ1v) is 8.55. The Morgan fingerprint density at radius 2 is 1.78 bits per heavy atom. The minimum atomic E-state index is -0.356. The summed E-state index contributed by atoms with van der Waals surface area (Å²) >= 11 is 0. The van der Waals surface area contributed by atoms with Crippen molar-refractivity contribution in [3.63, 3.8) is 0 Å². The summed E-state index contributed by atoms with van der Waals surface area (Å²) in [6.45, 7) is 6.95. The van der Waals surface area contributed by atoms with Crippen molar-refractivity contribution in [2.75, 3.05) is 6.61 Å². The van der Waals surface area contributed by atoms with Crippen LogP contribution in [-0.4, -0.2) is 18.1 Å². The van der Waals surface area contributed by atoms with E-state index in [1.165, 1.54) is 25.7 Å². The molecule has 1 aromatic rings. The number of hydrazine groups is 1. The number of rotatable bonds is 8. The van der Waals surface area contributed by atoms with Crippen LogP contribution >= 0.6 is 0 Å². The molecule has 4 nitrogen and oxygen atoms in total. The van der Waals surface area contributed by atoms with Gasteiger partial charge in [0.05, 0.1) is 12.1 Å². The van der Waals surface area contributed by atoms with Crippen LogP contribution < -0.4 is 15.6 Å². The number of hydrogen-bond donors (Lipinski definition) is 2. The lowest BCUT2D eigenvalue weighted by Crippen LogP contribution is -2.38. The van der Waals surface area contributed by atoms with E-state index in [0.717, 1.165) is 29.9 Å². The predicted octanol–water partition coefficient (Wildman–Crippen LogP) is 3.83. The number of nitrogens with one attached hydrogen (secondary N) is 2. The number of carbonyl (C=O) groups excluding carboxylic acids is 1. The quantitative estimate of drug-likeness (QED) is 0.566. The highest BCUT2D eigenvalue weighted by Gasteiger charge is 2.34. The molecule has 23 heavy (non-hydrogen) atoms. The Hall–Kier alpha value is -1.81. The molecule has 0 aliphatic carbocycles. The van der Waals surface area contributed by atoms with E-state index in [-0.39, 0.29) is 11.4 Å². The lowest BCUT2D eigenvalue weighted by Gasteiger charge is -2.16. The Labute approximate surface area is 139 Å². The molecule has 4 heteroatoms. The Bertz CT molecular complexity index is 547. The van der Waals surface area contributed by atoms with Gasteiger partial charge in [-0.2, -0.15) is 0 Å². The number of unbranched alkanes of at least 4 members (excludes halogenated alkanes) is 4. The maximum Gasteiger partial charge on any atom is 0.263 e. The van der Waals surface area contributed by atoms with Crippen molar-refractivity contribution in [3.8, 4) is 5.75 Å². The van der Waals surface area contributed by atoms with E-state index < -0.39 is 0 Å². The van der Waals surface area contributed by atoms with Crippen LogP contribution in [0.25, 0.3) is 6.08 Å². The smallest absolute Gasteiger partial charge is 0.263 e. The molecule has 1 heterocycles. The van der Waals surface area contributed by atoms with Gasteiger partial charge in [0.25, 0.3) is 5.91 Å². The molecule has 1 fully saturated rings. The molecule has 0 unspecified atom stereocenters. The van der Waals surface area contributed by atoms with Crippen LogP contribution in [0.15, 0.2) is 29.8 Å². The monoisotopic (exact) mass is 316 g/mol.